The molecule has 0 bridgehead atoms. The van der Waals surface area contributed by atoms with E-state index in [1.165, 1.54) is 6.07 Å². The van der Waals surface area contributed by atoms with E-state index in [1.807, 2.05) is 30.3 Å². The van der Waals surface area contributed by atoms with E-state index in [0.29, 0.717) is 12.0 Å². The zero-order valence-electron chi connectivity index (χ0n) is 12.0. The van der Waals surface area contributed by atoms with Gasteiger partial charge in [0.15, 0.2) is 0 Å². The molecule has 0 aromatic heterocycles. The number of nitrogens with two attached hydrogens (primary N) is 1. The van der Waals surface area contributed by atoms with Crippen LogP contribution in [0.2, 0.25) is 0 Å². The lowest BCUT2D eigenvalue weighted by Gasteiger charge is -2.12. The predicted molar refractivity (Wildman–Crippen MR) is 81.1 cm³/mol. The summed E-state index contributed by atoms with van der Waals surface area (Å²) in [7, 11) is 0. The average Bonchev–Trinajstić information content (AvgIpc) is 2.49. The smallest absolute Gasteiger partial charge is 0.237 e. The quantitative estimate of drug-likeness (QED) is 0.886. The van der Waals surface area contributed by atoms with Crippen LogP contribution < -0.4 is 11.1 Å². The maximum atomic E-state index is 13.4. The molecule has 3 nitrogen and oxygen atoms in total. The monoisotopic (exact) mass is 286 g/mol. The molecule has 0 heterocycles. The van der Waals surface area contributed by atoms with Crippen LogP contribution >= 0.6 is 0 Å². The summed E-state index contributed by atoms with van der Waals surface area (Å²) in [4.78, 5) is 11.9. The summed E-state index contributed by atoms with van der Waals surface area (Å²) in [5.41, 5.74) is 8.21. The molecule has 0 fully saturated rings. The zero-order chi connectivity index (χ0) is 15.2. The molecule has 2 aromatic rings. The van der Waals surface area contributed by atoms with Gasteiger partial charge in [0.1, 0.15) is 5.82 Å². The van der Waals surface area contributed by atoms with Gasteiger partial charge in [-0.25, -0.2) is 4.39 Å². The molecular formula is C17H19FN2O. The fourth-order valence-corrected chi connectivity index (χ4v) is 2.03. The highest BCUT2D eigenvalue weighted by Crippen LogP contribution is 2.09. The van der Waals surface area contributed by atoms with Gasteiger partial charge in [0.2, 0.25) is 5.91 Å². The normalized spacial score (nSPS) is 12.0. The second-order valence-electron chi connectivity index (χ2n) is 5.10. The fourth-order valence-electron chi connectivity index (χ4n) is 2.03. The predicted octanol–water partition coefficient (Wildman–Crippen LogP) is 2.32. The summed E-state index contributed by atoms with van der Waals surface area (Å²) in [6.07, 6.45) is 0.481. The minimum Gasteiger partial charge on any atom is -0.351 e. The average molecular weight is 286 g/mol. The van der Waals surface area contributed by atoms with Crippen LogP contribution in [0.3, 0.4) is 0 Å². The first kappa shape index (κ1) is 15.2. The Bertz CT molecular complexity index is 613. The number of carbonyl (C=O) groups excluding carboxylic acids is 1. The third kappa shape index (κ3) is 4.39. The van der Waals surface area contributed by atoms with E-state index < -0.39 is 6.04 Å². The lowest BCUT2D eigenvalue weighted by atomic mass is 10.1. The molecule has 0 radical (unpaired) electrons. The number of carbonyl (C=O) groups is 1. The number of rotatable bonds is 5. The molecule has 1 atom stereocenters. The standard InChI is InChI=1S/C17H19FN2O/c1-12-7-8-14(9-15(12)18)11-20-17(21)16(19)10-13-5-3-2-4-6-13/h2-9,16H,10-11,19H2,1H3,(H,20,21)/t16-/m1/s1. The van der Waals surface area contributed by atoms with Crippen LogP contribution in [0.25, 0.3) is 0 Å². The van der Waals surface area contributed by atoms with E-state index in [2.05, 4.69) is 5.32 Å². The maximum absolute atomic E-state index is 13.4. The van der Waals surface area contributed by atoms with Crippen molar-refractivity contribution in [2.75, 3.05) is 0 Å². The molecule has 1 amide bonds. The number of benzene rings is 2. The molecular weight excluding hydrogens is 267 g/mol. The maximum Gasteiger partial charge on any atom is 0.237 e. The Hall–Kier alpha value is -2.20. The number of halogens is 1. The SMILES string of the molecule is Cc1ccc(CNC(=O)[C@H](N)Cc2ccccc2)cc1F. The van der Waals surface area contributed by atoms with Gasteiger partial charge in [-0.05, 0) is 36.1 Å². The molecule has 4 heteroatoms. The van der Waals surface area contributed by atoms with Crippen molar-refractivity contribution in [1.82, 2.24) is 5.32 Å². The van der Waals surface area contributed by atoms with Crippen molar-refractivity contribution in [1.29, 1.82) is 0 Å². The van der Waals surface area contributed by atoms with Gasteiger partial charge in [0.25, 0.3) is 0 Å². The molecule has 0 saturated carbocycles. The molecule has 0 aliphatic rings. The lowest BCUT2D eigenvalue weighted by Crippen LogP contribution is -2.41. The lowest BCUT2D eigenvalue weighted by molar-refractivity contribution is -0.122. The Kier molecular flexibility index (Phi) is 5.06. The number of hydrogen-bond acceptors (Lipinski definition) is 2. The van der Waals surface area contributed by atoms with Crippen molar-refractivity contribution < 1.29 is 9.18 Å². The summed E-state index contributed by atoms with van der Waals surface area (Å²) in [6.45, 7) is 1.98. The van der Waals surface area contributed by atoms with Crippen molar-refractivity contribution in [3.8, 4) is 0 Å². The van der Waals surface area contributed by atoms with Crippen LogP contribution in [-0.2, 0) is 17.8 Å². The summed E-state index contributed by atoms with van der Waals surface area (Å²) < 4.78 is 13.4. The Morgan fingerprint density at radius 3 is 2.57 bits per heavy atom. The van der Waals surface area contributed by atoms with Crippen molar-refractivity contribution >= 4 is 5.91 Å². The highest BCUT2D eigenvalue weighted by atomic mass is 19.1. The first-order chi connectivity index (χ1) is 10.1. The molecule has 0 unspecified atom stereocenters. The zero-order valence-corrected chi connectivity index (χ0v) is 12.0. The largest absolute Gasteiger partial charge is 0.351 e. The minimum absolute atomic E-state index is 0.236. The first-order valence-electron chi connectivity index (χ1n) is 6.88. The van der Waals surface area contributed by atoms with Crippen molar-refractivity contribution in [3.05, 3.63) is 71.0 Å². The Balaban J connectivity index is 1.87. The van der Waals surface area contributed by atoms with Gasteiger partial charge in [-0.15, -0.1) is 0 Å². The van der Waals surface area contributed by atoms with Crippen LogP contribution in [-0.4, -0.2) is 11.9 Å². The number of hydrogen-bond donors (Lipinski definition) is 2. The second-order valence-corrected chi connectivity index (χ2v) is 5.10. The minimum atomic E-state index is -0.609. The first-order valence-corrected chi connectivity index (χ1v) is 6.88. The van der Waals surface area contributed by atoms with Gasteiger partial charge < -0.3 is 11.1 Å². The molecule has 2 aromatic carbocycles. The topological polar surface area (TPSA) is 55.1 Å². The van der Waals surface area contributed by atoms with E-state index in [1.54, 1.807) is 19.1 Å². The summed E-state index contributed by atoms with van der Waals surface area (Å²) in [5.74, 6) is -0.504. The van der Waals surface area contributed by atoms with Crippen molar-refractivity contribution in [3.63, 3.8) is 0 Å². The van der Waals surface area contributed by atoms with Crippen molar-refractivity contribution in [2.45, 2.75) is 25.9 Å². The summed E-state index contributed by atoms with van der Waals surface area (Å²) in [5, 5.41) is 2.74. The van der Waals surface area contributed by atoms with Crippen LogP contribution in [0, 0.1) is 12.7 Å². The van der Waals surface area contributed by atoms with Crippen LogP contribution in [0.15, 0.2) is 48.5 Å². The third-order valence-corrected chi connectivity index (χ3v) is 3.34. The van der Waals surface area contributed by atoms with Gasteiger partial charge >= 0.3 is 0 Å². The van der Waals surface area contributed by atoms with Gasteiger partial charge in [-0.2, -0.15) is 0 Å². The summed E-state index contributed by atoms with van der Waals surface area (Å²) >= 11 is 0. The van der Waals surface area contributed by atoms with Crippen LogP contribution in [0.5, 0.6) is 0 Å². The third-order valence-electron chi connectivity index (χ3n) is 3.34. The number of amides is 1. The number of aryl methyl sites for hydroxylation is 1. The Morgan fingerprint density at radius 2 is 1.90 bits per heavy atom. The summed E-state index contributed by atoms with van der Waals surface area (Å²) in [6, 6.07) is 13.9. The van der Waals surface area contributed by atoms with Crippen LogP contribution in [0.1, 0.15) is 16.7 Å². The molecule has 0 aliphatic carbocycles. The molecule has 110 valence electrons. The molecule has 21 heavy (non-hydrogen) atoms. The molecule has 2 rings (SSSR count). The molecule has 0 saturated heterocycles. The van der Waals surface area contributed by atoms with E-state index >= 15 is 0 Å². The fraction of sp³-hybridized carbons (Fsp3) is 0.235. The Morgan fingerprint density at radius 1 is 1.19 bits per heavy atom. The van der Waals surface area contributed by atoms with E-state index in [9.17, 15) is 9.18 Å². The van der Waals surface area contributed by atoms with Crippen molar-refractivity contribution in [2.24, 2.45) is 5.73 Å². The highest BCUT2D eigenvalue weighted by molar-refractivity contribution is 5.81. The number of nitrogens with one attached hydrogen (secondary N) is 1. The Labute approximate surface area is 124 Å². The van der Waals surface area contributed by atoms with E-state index in [-0.39, 0.29) is 18.3 Å². The van der Waals surface area contributed by atoms with E-state index in [4.69, 9.17) is 5.73 Å². The van der Waals surface area contributed by atoms with E-state index in [0.717, 1.165) is 11.1 Å². The highest BCUT2D eigenvalue weighted by Gasteiger charge is 2.13. The van der Waals surface area contributed by atoms with Gasteiger partial charge in [-0.1, -0.05) is 42.5 Å². The molecule has 0 aliphatic heterocycles. The van der Waals surface area contributed by atoms with Gasteiger partial charge in [0.05, 0.1) is 6.04 Å². The van der Waals surface area contributed by atoms with Crippen LogP contribution in [0.4, 0.5) is 4.39 Å². The molecule has 3 N–H and O–H groups in total. The second kappa shape index (κ2) is 6.99. The van der Waals surface area contributed by atoms with Gasteiger partial charge in [-0.3, -0.25) is 4.79 Å². The molecule has 0 spiro atoms. The van der Waals surface area contributed by atoms with Gasteiger partial charge in [0, 0.05) is 6.54 Å².